The van der Waals surface area contributed by atoms with E-state index in [-0.39, 0.29) is 0 Å². The van der Waals surface area contributed by atoms with Gasteiger partial charge in [0.25, 0.3) is 0 Å². The van der Waals surface area contributed by atoms with Gasteiger partial charge in [-0.2, -0.15) is 0 Å². The number of nitrogens with zero attached hydrogens (tertiary/aromatic N) is 3. The Morgan fingerprint density at radius 3 is 1.80 bits per heavy atom. The van der Waals surface area contributed by atoms with Crippen molar-refractivity contribution in [3.8, 4) is 22.5 Å². The van der Waals surface area contributed by atoms with Crippen LogP contribution < -0.4 is 0 Å². The number of pyridine rings is 1. The van der Waals surface area contributed by atoms with E-state index in [0.29, 0.717) is 0 Å². The first-order valence-electron chi connectivity index (χ1n) is 15.2. The Bertz CT molecular complexity index is 2720. The smallest absolute Gasteiger partial charge is 0.145 e. The van der Waals surface area contributed by atoms with Crippen LogP contribution >= 0.6 is 0 Å². The second-order valence-electron chi connectivity index (χ2n) is 11.6. The quantitative estimate of drug-likeness (QED) is 0.210. The van der Waals surface area contributed by atoms with Gasteiger partial charge < -0.3 is 8.98 Å². The summed E-state index contributed by atoms with van der Waals surface area (Å²) in [4.78, 5) is 4.88. The minimum Gasteiger partial charge on any atom is -0.455 e. The molecule has 0 saturated heterocycles. The maximum atomic E-state index is 6.48. The zero-order chi connectivity index (χ0) is 29.5. The lowest BCUT2D eigenvalue weighted by Crippen LogP contribution is -1.96. The van der Waals surface area contributed by atoms with Gasteiger partial charge in [-0.1, -0.05) is 78.9 Å². The Balaban J connectivity index is 1.18. The van der Waals surface area contributed by atoms with Gasteiger partial charge >= 0.3 is 0 Å². The van der Waals surface area contributed by atoms with Gasteiger partial charge in [0.1, 0.15) is 16.8 Å². The number of para-hydroxylation sites is 3. The normalized spacial score (nSPS) is 12.0. The van der Waals surface area contributed by atoms with Crippen LogP contribution in [0.15, 0.2) is 156 Å². The van der Waals surface area contributed by atoms with E-state index in [2.05, 4.69) is 137 Å². The number of hydrogen-bond donors (Lipinski definition) is 0. The van der Waals surface area contributed by atoms with E-state index in [4.69, 9.17) is 9.40 Å². The largest absolute Gasteiger partial charge is 0.455 e. The highest BCUT2D eigenvalue weighted by Gasteiger charge is 2.19. The molecule has 0 bridgehead atoms. The fraction of sp³-hybridized carbons (Fsp3) is 0. The molecule has 4 heteroatoms. The molecule has 210 valence electrons. The zero-order valence-electron chi connectivity index (χ0n) is 24.2. The van der Waals surface area contributed by atoms with E-state index < -0.39 is 0 Å². The van der Waals surface area contributed by atoms with Crippen molar-refractivity contribution in [2.24, 2.45) is 0 Å². The van der Waals surface area contributed by atoms with Crippen molar-refractivity contribution in [1.82, 2.24) is 14.1 Å². The van der Waals surface area contributed by atoms with Crippen LogP contribution in [0.25, 0.3) is 88.2 Å². The third-order valence-electron chi connectivity index (χ3n) is 9.16. The van der Waals surface area contributed by atoms with Crippen LogP contribution in [0.4, 0.5) is 0 Å². The van der Waals surface area contributed by atoms with Gasteiger partial charge in [-0.05, 0) is 77.9 Å². The molecule has 0 amide bonds. The summed E-state index contributed by atoms with van der Waals surface area (Å²) in [5, 5.41) is 6.94. The Hall–Kier alpha value is -6.13. The molecule has 0 unspecified atom stereocenters. The van der Waals surface area contributed by atoms with Crippen LogP contribution in [-0.2, 0) is 0 Å². The standard InChI is InChI=1S/C41H25N3O/c1-4-18-35-30(14-1)31-15-2-5-19-36(31)43(35)28-12-7-10-26(24-28)27-11-8-13-29(25-27)44-37-22-21-33-32-16-3-6-20-38(32)45-40(33)39(37)34-17-9-23-42-41(34)44/h1-25H. The SMILES string of the molecule is c1cc(-c2cccc(-n3c4ccc5c6ccccc6oc5c4c4cccnc43)c2)cc(-n2c3ccccc3c3ccccc32)c1. The topological polar surface area (TPSA) is 35.9 Å². The predicted molar refractivity (Wildman–Crippen MR) is 186 cm³/mol. The molecular weight excluding hydrogens is 550 g/mol. The lowest BCUT2D eigenvalue weighted by Gasteiger charge is -2.12. The van der Waals surface area contributed by atoms with Crippen molar-refractivity contribution in [1.29, 1.82) is 0 Å². The summed E-state index contributed by atoms with van der Waals surface area (Å²) in [5.74, 6) is 0. The minimum absolute atomic E-state index is 0.898. The fourth-order valence-electron chi connectivity index (χ4n) is 7.22. The van der Waals surface area contributed by atoms with Crippen molar-refractivity contribution < 1.29 is 4.42 Å². The van der Waals surface area contributed by atoms with E-state index in [1.54, 1.807) is 0 Å². The van der Waals surface area contributed by atoms with Crippen LogP contribution in [0.5, 0.6) is 0 Å². The first kappa shape index (κ1) is 24.3. The summed E-state index contributed by atoms with van der Waals surface area (Å²) in [6.07, 6.45) is 1.87. The molecular formula is C41H25N3O. The van der Waals surface area contributed by atoms with Crippen molar-refractivity contribution >= 4 is 65.7 Å². The molecule has 0 fully saturated rings. The maximum Gasteiger partial charge on any atom is 0.145 e. The Labute approximate surface area is 258 Å². The molecule has 0 aliphatic heterocycles. The molecule has 0 N–H and O–H groups in total. The molecule has 0 spiro atoms. The highest BCUT2D eigenvalue weighted by molar-refractivity contribution is 6.23. The first-order chi connectivity index (χ1) is 22.3. The molecule has 4 aromatic heterocycles. The zero-order valence-corrected chi connectivity index (χ0v) is 24.2. The average Bonchev–Trinajstić information content (AvgIpc) is 3.76. The maximum absolute atomic E-state index is 6.48. The predicted octanol–water partition coefficient (Wildman–Crippen LogP) is 10.8. The third-order valence-corrected chi connectivity index (χ3v) is 9.16. The summed E-state index contributed by atoms with van der Waals surface area (Å²) in [5.41, 5.74) is 10.7. The van der Waals surface area contributed by atoms with Crippen molar-refractivity contribution in [2.75, 3.05) is 0 Å². The van der Waals surface area contributed by atoms with Gasteiger partial charge in [0.05, 0.1) is 21.9 Å². The summed E-state index contributed by atoms with van der Waals surface area (Å²) >= 11 is 0. The summed E-state index contributed by atoms with van der Waals surface area (Å²) in [7, 11) is 0. The molecule has 0 saturated carbocycles. The lowest BCUT2D eigenvalue weighted by atomic mass is 10.0. The Kier molecular flexibility index (Phi) is 4.96. The molecule has 10 aromatic rings. The van der Waals surface area contributed by atoms with Crippen molar-refractivity contribution in [2.45, 2.75) is 0 Å². The fourth-order valence-corrected chi connectivity index (χ4v) is 7.22. The molecule has 4 heterocycles. The number of furan rings is 1. The van der Waals surface area contributed by atoms with Gasteiger partial charge in [-0.15, -0.1) is 0 Å². The Morgan fingerprint density at radius 2 is 1.07 bits per heavy atom. The molecule has 0 aliphatic rings. The highest BCUT2D eigenvalue weighted by Crippen LogP contribution is 2.40. The molecule has 45 heavy (non-hydrogen) atoms. The number of rotatable bonds is 3. The third kappa shape index (κ3) is 3.45. The van der Waals surface area contributed by atoms with Crippen LogP contribution in [0.2, 0.25) is 0 Å². The van der Waals surface area contributed by atoms with E-state index in [1.165, 1.54) is 21.8 Å². The summed E-state index contributed by atoms with van der Waals surface area (Å²) in [6.45, 7) is 0. The Morgan fingerprint density at radius 1 is 0.444 bits per heavy atom. The van der Waals surface area contributed by atoms with Crippen LogP contribution in [0.3, 0.4) is 0 Å². The summed E-state index contributed by atoms with van der Waals surface area (Å²) < 4.78 is 11.1. The van der Waals surface area contributed by atoms with E-state index in [1.807, 2.05) is 24.4 Å². The first-order valence-corrected chi connectivity index (χ1v) is 15.2. The molecule has 4 nitrogen and oxygen atoms in total. The molecule has 10 rings (SSSR count). The number of hydrogen-bond acceptors (Lipinski definition) is 2. The van der Waals surface area contributed by atoms with E-state index >= 15 is 0 Å². The van der Waals surface area contributed by atoms with Crippen LogP contribution in [0.1, 0.15) is 0 Å². The molecule has 0 aliphatic carbocycles. The second kappa shape index (κ2) is 9.18. The number of fused-ring (bicyclic) bond motifs is 10. The van der Waals surface area contributed by atoms with Gasteiger partial charge in [-0.3, -0.25) is 4.57 Å². The van der Waals surface area contributed by atoms with E-state index in [0.717, 1.165) is 66.4 Å². The molecule has 0 radical (unpaired) electrons. The average molecular weight is 576 g/mol. The van der Waals surface area contributed by atoms with Crippen LogP contribution in [0, 0.1) is 0 Å². The van der Waals surface area contributed by atoms with Crippen LogP contribution in [-0.4, -0.2) is 14.1 Å². The molecule has 0 atom stereocenters. The lowest BCUT2D eigenvalue weighted by molar-refractivity contribution is 0.673. The summed E-state index contributed by atoms with van der Waals surface area (Å²) in [6, 6.07) is 51.7. The highest BCUT2D eigenvalue weighted by atomic mass is 16.3. The molecule has 6 aromatic carbocycles. The van der Waals surface area contributed by atoms with Gasteiger partial charge in [0.2, 0.25) is 0 Å². The number of benzene rings is 6. The van der Waals surface area contributed by atoms with Gasteiger partial charge in [0.15, 0.2) is 0 Å². The monoisotopic (exact) mass is 575 g/mol. The van der Waals surface area contributed by atoms with Gasteiger partial charge in [-0.25, -0.2) is 4.98 Å². The van der Waals surface area contributed by atoms with E-state index in [9.17, 15) is 0 Å². The van der Waals surface area contributed by atoms with Gasteiger partial charge in [0, 0.05) is 44.5 Å². The van der Waals surface area contributed by atoms with Crippen molar-refractivity contribution in [3.63, 3.8) is 0 Å². The number of aromatic nitrogens is 3. The van der Waals surface area contributed by atoms with Crippen molar-refractivity contribution in [3.05, 3.63) is 152 Å². The minimum atomic E-state index is 0.898. The second-order valence-corrected chi connectivity index (χ2v) is 11.6.